The van der Waals surface area contributed by atoms with Gasteiger partial charge in [-0.3, -0.25) is 14.7 Å². The predicted molar refractivity (Wildman–Crippen MR) is 141 cm³/mol. The zero-order chi connectivity index (χ0) is 22.5. The first-order valence-electron chi connectivity index (χ1n) is 11.5. The summed E-state index contributed by atoms with van der Waals surface area (Å²) in [4.78, 5) is 28.3. The molecule has 0 spiro atoms. The fourth-order valence-electron chi connectivity index (χ4n) is 4.40. The minimum Gasteiger partial charge on any atom is -0.444 e. The lowest BCUT2D eigenvalue weighted by molar-refractivity contribution is -0.135. The topological polar surface area (TPSA) is 77.2 Å². The third kappa shape index (κ3) is 6.26. The lowest BCUT2D eigenvalue weighted by Crippen LogP contribution is -2.57. The number of aromatic nitrogens is 1. The average Bonchev–Trinajstić information content (AvgIpc) is 3.52. The Balaban J connectivity index is 0.00000306. The summed E-state index contributed by atoms with van der Waals surface area (Å²) in [5, 5.41) is 3.40. The number of aryl methyl sites for hydroxylation is 1. The van der Waals surface area contributed by atoms with Crippen LogP contribution in [-0.2, 0) is 11.3 Å². The third-order valence-electron chi connectivity index (χ3n) is 6.43. The second-order valence-electron chi connectivity index (χ2n) is 8.64. The number of piperazine rings is 1. The molecule has 1 atom stereocenters. The first-order valence-corrected chi connectivity index (χ1v) is 11.5. The number of amides is 1. The largest absolute Gasteiger partial charge is 0.444 e. The number of halogens is 1. The van der Waals surface area contributed by atoms with Gasteiger partial charge in [-0.2, -0.15) is 0 Å². The van der Waals surface area contributed by atoms with Gasteiger partial charge in [0, 0.05) is 51.9 Å². The summed E-state index contributed by atoms with van der Waals surface area (Å²) in [5.74, 6) is 1.75. The van der Waals surface area contributed by atoms with Gasteiger partial charge in [0.15, 0.2) is 5.96 Å². The maximum absolute atomic E-state index is 12.7. The molecule has 1 N–H and O–H groups in total. The Bertz CT molecular complexity index is 931. The number of guanidine groups is 1. The zero-order valence-electron chi connectivity index (χ0n) is 19.8. The van der Waals surface area contributed by atoms with Gasteiger partial charge in [-0.15, -0.1) is 24.0 Å². The number of rotatable bonds is 5. The van der Waals surface area contributed by atoms with Crippen LogP contribution in [0.5, 0.6) is 0 Å². The van der Waals surface area contributed by atoms with Crippen molar-refractivity contribution < 1.29 is 9.21 Å². The molecule has 8 nitrogen and oxygen atoms in total. The quantitative estimate of drug-likeness (QED) is 0.341. The summed E-state index contributed by atoms with van der Waals surface area (Å²) in [5.41, 5.74) is 3.02. The normalized spacial score (nSPS) is 18.2. The lowest BCUT2D eigenvalue weighted by atomic mass is 10.1. The lowest BCUT2D eigenvalue weighted by Gasteiger charge is -2.39. The number of benzene rings is 1. The van der Waals surface area contributed by atoms with Crippen LogP contribution in [-0.4, -0.2) is 83.9 Å². The summed E-state index contributed by atoms with van der Waals surface area (Å²) in [7, 11) is 1.80. The van der Waals surface area contributed by atoms with Crippen molar-refractivity contribution in [3.8, 4) is 11.5 Å². The third-order valence-corrected chi connectivity index (χ3v) is 6.43. The van der Waals surface area contributed by atoms with Crippen molar-refractivity contribution >= 4 is 35.8 Å². The highest BCUT2D eigenvalue weighted by molar-refractivity contribution is 14.0. The molecule has 2 aliphatic rings. The van der Waals surface area contributed by atoms with E-state index in [1.165, 1.54) is 5.56 Å². The van der Waals surface area contributed by atoms with Gasteiger partial charge in [0.1, 0.15) is 6.26 Å². The van der Waals surface area contributed by atoms with E-state index in [4.69, 9.17) is 4.42 Å². The molecule has 2 aromatic rings. The molecule has 9 heteroatoms. The molecule has 0 bridgehead atoms. The van der Waals surface area contributed by atoms with E-state index in [1.54, 1.807) is 13.3 Å². The maximum Gasteiger partial charge on any atom is 0.239 e. The van der Waals surface area contributed by atoms with Crippen molar-refractivity contribution in [3.63, 3.8) is 0 Å². The number of hydrogen-bond acceptors (Lipinski definition) is 5. The zero-order valence-corrected chi connectivity index (χ0v) is 22.1. The minimum atomic E-state index is -0.0550. The fraction of sp³-hybridized carbons (Fsp3) is 0.542. The van der Waals surface area contributed by atoms with E-state index in [2.05, 4.69) is 44.1 Å². The number of likely N-dealkylation sites (tertiary alicyclic amines) is 1. The summed E-state index contributed by atoms with van der Waals surface area (Å²) in [6, 6.07) is 8.09. The summed E-state index contributed by atoms with van der Waals surface area (Å²) < 4.78 is 5.66. The number of carbonyl (C=O) groups is 1. The van der Waals surface area contributed by atoms with E-state index in [1.807, 2.05) is 24.0 Å². The van der Waals surface area contributed by atoms with Crippen molar-refractivity contribution in [1.29, 1.82) is 0 Å². The Labute approximate surface area is 213 Å². The van der Waals surface area contributed by atoms with Crippen molar-refractivity contribution in [3.05, 3.63) is 41.8 Å². The SMILES string of the molecule is CN=C(NCc1coc(-c2ccc(C)cc2)n1)N1CCN(C(C)C(=O)N2CCCC2)CC1.I. The highest BCUT2D eigenvalue weighted by Gasteiger charge is 2.30. The van der Waals surface area contributed by atoms with E-state index >= 15 is 0 Å². The van der Waals surface area contributed by atoms with Crippen LogP contribution in [0.15, 0.2) is 39.9 Å². The Kier molecular flexibility index (Phi) is 9.13. The molecule has 2 aliphatic heterocycles. The van der Waals surface area contributed by atoms with Crippen molar-refractivity contribution in [2.24, 2.45) is 4.99 Å². The Hall–Kier alpha value is -2.14. The average molecular weight is 566 g/mol. The first kappa shape index (κ1) is 25.5. The first-order chi connectivity index (χ1) is 15.5. The van der Waals surface area contributed by atoms with E-state index in [9.17, 15) is 4.79 Å². The van der Waals surface area contributed by atoms with E-state index in [0.29, 0.717) is 12.4 Å². The van der Waals surface area contributed by atoms with Crippen molar-refractivity contribution in [1.82, 2.24) is 25.0 Å². The number of hydrogen-bond donors (Lipinski definition) is 1. The van der Waals surface area contributed by atoms with Gasteiger partial charge in [-0.1, -0.05) is 17.7 Å². The number of nitrogens with one attached hydrogen (secondary N) is 1. The van der Waals surface area contributed by atoms with Crippen LogP contribution in [0.25, 0.3) is 11.5 Å². The highest BCUT2D eigenvalue weighted by Crippen LogP contribution is 2.19. The van der Waals surface area contributed by atoms with Gasteiger partial charge in [0.25, 0.3) is 0 Å². The monoisotopic (exact) mass is 566 g/mol. The smallest absolute Gasteiger partial charge is 0.239 e. The minimum absolute atomic E-state index is 0. The van der Waals surface area contributed by atoms with Crippen LogP contribution in [0, 0.1) is 6.92 Å². The molecular weight excluding hydrogens is 531 g/mol. The van der Waals surface area contributed by atoms with Crippen LogP contribution in [0.1, 0.15) is 31.0 Å². The summed E-state index contributed by atoms with van der Waals surface area (Å²) >= 11 is 0. The molecular formula is C24H35IN6O2. The number of oxazole rings is 1. The van der Waals surface area contributed by atoms with Gasteiger partial charge in [-0.25, -0.2) is 4.98 Å². The summed E-state index contributed by atoms with van der Waals surface area (Å²) in [6.07, 6.45) is 3.96. The molecule has 1 amide bonds. The number of carbonyl (C=O) groups excluding carboxylic acids is 1. The number of aliphatic imine (C=N–C) groups is 1. The van der Waals surface area contributed by atoms with E-state index in [-0.39, 0.29) is 35.9 Å². The van der Waals surface area contributed by atoms with Crippen molar-refractivity contribution in [2.45, 2.75) is 39.3 Å². The van der Waals surface area contributed by atoms with E-state index < -0.39 is 0 Å². The van der Waals surface area contributed by atoms with Gasteiger partial charge in [-0.05, 0) is 38.8 Å². The molecule has 4 rings (SSSR count). The van der Waals surface area contributed by atoms with Crippen LogP contribution in [0.2, 0.25) is 0 Å². The predicted octanol–water partition coefficient (Wildman–Crippen LogP) is 2.97. The molecule has 180 valence electrons. The van der Waals surface area contributed by atoms with Gasteiger partial charge in [0.2, 0.25) is 11.8 Å². The Morgan fingerprint density at radius 1 is 1.09 bits per heavy atom. The van der Waals surface area contributed by atoms with Gasteiger partial charge in [0.05, 0.1) is 18.3 Å². The second-order valence-corrected chi connectivity index (χ2v) is 8.64. The van der Waals surface area contributed by atoms with Crippen LogP contribution in [0.4, 0.5) is 0 Å². The van der Waals surface area contributed by atoms with Gasteiger partial charge < -0.3 is 19.5 Å². The fourth-order valence-corrected chi connectivity index (χ4v) is 4.40. The van der Waals surface area contributed by atoms with Gasteiger partial charge >= 0.3 is 0 Å². The molecule has 1 aromatic carbocycles. The van der Waals surface area contributed by atoms with Crippen LogP contribution in [0.3, 0.4) is 0 Å². The number of nitrogens with zero attached hydrogens (tertiary/aromatic N) is 5. The molecule has 0 aliphatic carbocycles. The molecule has 3 heterocycles. The highest BCUT2D eigenvalue weighted by atomic mass is 127. The molecule has 2 fully saturated rings. The second kappa shape index (κ2) is 11.8. The van der Waals surface area contributed by atoms with Crippen molar-refractivity contribution in [2.75, 3.05) is 46.3 Å². The maximum atomic E-state index is 12.7. The molecule has 33 heavy (non-hydrogen) atoms. The van der Waals surface area contributed by atoms with Crippen LogP contribution < -0.4 is 5.32 Å². The van der Waals surface area contributed by atoms with E-state index in [0.717, 1.165) is 69.3 Å². The molecule has 0 radical (unpaired) electrons. The standard InChI is InChI=1S/C24H34N6O2.HI/c1-18-6-8-20(9-7-18)22-27-21(17-32-22)16-26-24(25-3)30-14-12-28(13-15-30)19(2)23(31)29-10-4-5-11-29;/h6-9,17,19H,4-5,10-16H2,1-3H3,(H,25,26);1H. The molecule has 2 saturated heterocycles. The summed E-state index contributed by atoms with van der Waals surface area (Å²) in [6.45, 7) is 9.85. The Morgan fingerprint density at radius 3 is 2.39 bits per heavy atom. The molecule has 1 aromatic heterocycles. The molecule has 0 saturated carbocycles. The Morgan fingerprint density at radius 2 is 1.76 bits per heavy atom. The van der Waals surface area contributed by atoms with Crippen LogP contribution >= 0.6 is 24.0 Å². The molecule has 1 unspecified atom stereocenters.